The highest BCUT2D eigenvalue weighted by Crippen LogP contribution is 2.14. The van der Waals surface area contributed by atoms with E-state index in [0.717, 1.165) is 10.9 Å². The Hall–Kier alpha value is -1.42. The lowest BCUT2D eigenvalue weighted by Gasteiger charge is -1.89. The number of aromatic amines is 1. The summed E-state index contributed by atoms with van der Waals surface area (Å²) in [5.74, 6) is 0. The van der Waals surface area contributed by atoms with Gasteiger partial charge in [-0.25, -0.2) is 0 Å². The van der Waals surface area contributed by atoms with E-state index in [1.807, 2.05) is 24.3 Å². The van der Waals surface area contributed by atoms with Gasteiger partial charge >= 0.3 is 0 Å². The number of H-pyrrole nitrogens is 1. The summed E-state index contributed by atoms with van der Waals surface area (Å²) in [6.07, 6.45) is 0. The zero-order valence-electron chi connectivity index (χ0n) is 6.11. The molecule has 0 saturated heterocycles. The number of nitrogens with zero attached hydrogens (tertiary/aromatic N) is 1. The summed E-state index contributed by atoms with van der Waals surface area (Å²) in [6, 6.07) is 7.51. The Morgan fingerprint density at radius 1 is 1.42 bits per heavy atom. The molecule has 0 amide bonds. The number of aliphatic hydroxyl groups is 1. The van der Waals surface area contributed by atoms with E-state index in [1.165, 1.54) is 0 Å². The number of aliphatic hydroxyl groups excluding tert-OH is 1. The summed E-state index contributed by atoms with van der Waals surface area (Å²) in [4.78, 5) is 0. The molecule has 1 aromatic carbocycles. The third kappa shape index (κ3) is 0.967. The number of aromatic nitrogens is 2. The van der Waals surface area contributed by atoms with Crippen molar-refractivity contribution in [1.29, 1.82) is 0 Å². The first-order chi connectivity index (χ1) is 5.79. The van der Waals surface area contributed by atoms with Crippen molar-refractivity contribution in [2.45, 2.75) is 0 Å². The molecule has 2 rings (SSSR count). The van der Waals surface area contributed by atoms with Gasteiger partial charge in [-0.05, 0) is 18.3 Å². The van der Waals surface area contributed by atoms with Gasteiger partial charge in [0.25, 0.3) is 0 Å². The van der Waals surface area contributed by atoms with Crippen LogP contribution >= 0.6 is 12.2 Å². The molecule has 60 valence electrons. The minimum absolute atomic E-state index is 0.174. The molecule has 4 heteroatoms. The normalized spacial score (nSPS) is 10.3. The molecule has 1 heterocycles. The molecule has 0 fully saturated rings. The number of fused-ring (bicyclic) bond motifs is 1. The zero-order chi connectivity index (χ0) is 8.55. The number of rotatable bonds is 1. The molecule has 0 unspecified atom stereocenters. The summed E-state index contributed by atoms with van der Waals surface area (Å²) in [6.45, 7) is 0. The Morgan fingerprint density at radius 2 is 2.17 bits per heavy atom. The van der Waals surface area contributed by atoms with Gasteiger partial charge in [-0.1, -0.05) is 18.2 Å². The van der Waals surface area contributed by atoms with Crippen LogP contribution < -0.4 is 0 Å². The minimum Gasteiger partial charge on any atom is -0.497 e. The SMILES string of the molecule is OC(=S)c1n[nH]c2ccccc12. The second-order valence-electron chi connectivity index (χ2n) is 2.42. The van der Waals surface area contributed by atoms with Crippen molar-refractivity contribution >= 4 is 28.2 Å². The lowest BCUT2D eigenvalue weighted by Crippen LogP contribution is -1.94. The molecule has 2 aromatic rings. The van der Waals surface area contributed by atoms with E-state index in [4.69, 9.17) is 5.11 Å². The van der Waals surface area contributed by atoms with Crippen molar-refractivity contribution in [3.05, 3.63) is 30.0 Å². The van der Waals surface area contributed by atoms with Crippen molar-refractivity contribution < 1.29 is 5.11 Å². The van der Waals surface area contributed by atoms with Crippen LogP contribution in [0, 0.1) is 0 Å². The van der Waals surface area contributed by atoms with Crippen LogP contribution in [0.1, 0.15) is 5.69 Å². The molecule has 12 heavy (non-hydrogen) atoms. The van der Waals surface area contributed by atoms with Crippen molar-refractivity contribution in [3.8, 4) is 0 Å². The maximum atomic E-state index is 9.06. The average Bonchev–Trinajstić information content (AvgIpc) is 2.47. The highest BCUT2D eigenvalue weighted by atomic mass is 32.1. The summed E-state index contributed by atoms with van der Waals surface area (Å²) in [7, 11) is 0. The molecule has 0 aliphatic carbocycles. The summed E-state index contributed by atoms with van der Waals surface area (Å²) < 4.78 is 0. The van der Waals surface area contributed by atoms with Gasteiger partial charge in [-0.15, -0.1) is 0 Å². The fraction of sp³-hybridized carbons (Fsp3) is 0. The number of nitrogens with one attached hydrogen (secondary N) is 1. The zero-order valence-corrected chi connectivity index (χ0v) is 6.93. The predicted octanol–water partition coefficient (Wildman–Crippen LogP) is 1.80. The van der Waals surface area contributed by atoms with E-state index in [1.54, 1.807) is 0 Å². The average molecular weight is 178 g/mol. The second-order valence-corrected chi connectivity index (χ2v) is 2.81. The molecule has 0 bridgehead atoms. The third-order valence-electron chi connectivity index (χ3n) is 1.67. The summed E-state index contributed by atoms with van der Waals surface area (Å²) >= 11 is 4.62. The van der Waals surface area contributed by atoms with Gasteiger partial charge in [0, 0.05) is 5.39 Å². The van der Waals surface area contributed by atoms with Crippen LogP contribution in [0.4, 0.5) is 0 Å². The quantitative estimate of drug-likeness (QED) is 0.654. The first-order valence-electron chi connectivity index (χ1n) is 3.45. The fourth-order valence-corrected chi connectivity index (χ4v) is 1.28. The first-order valence-corrected chi connectivity index (χ1v) is 3.86. The Bertz CT molecular complexity index is 435. The fourth-order valence-electron chi connectivity index (χ4n) is 1.13. The molecular weight excluding hydrogens is 172 g/mol. The van der Waals surface area contributed by atoms with Gasteiger partial charge in [0.2, 0.25) is 5.05 Å². The molecule has 0 atom stereocenters. The number of benzene rings is 1. The Balaban J connectivity index is 2.79. The van der Waals surface area contributed by atoms with Crippen LogP contribution in [0.2, 0.25) is 0 Å². The molecule has 0 radical (unpaired) electrons. The molecule has 0 spiro atoms. The standard InChI is InChI=1S/C8H6N2OS/c11-8(12)7-5-3-1-2-4-6(5)9-10-7/h1-4H,(H,9,10)(H,11,12). The van der Waals surface area contributed by atoms with E-state index >= 15 is 0 Å². The number of para-hydroxylation sites is 1. The summed E-state index contributed by atoms with van der Waals surface area (Å²) in [5.41, 5.74) is 1.32. The lowest BCUT2D eigenvalue weighted by atomic mass is 10.2. The molecule has 2 N–H and O–H groups in total. The van der Waals surface area contributed by atoms with Gasteiger partial charge in [0.1, 0.15) is 5.69 Å². The molecule has 0 aliphatic heterocycles. The van der Waals surface area contributed by atoms with Gasteiger partial charge < -0.3 is 5.11 Å². The molecule has 0 aliphatic rings. The maximum Gasteiger partial charge on any atom is 0.210 e. The number of hydrogen-bond donors (Lipinski definition) is 2. The second kappa shape index (κ2) is 2.57. The van der Waals surface area contributed by atoms with Crippen LogP contribution in [-0.2, 0) is 0 Å². The third-order valence-corrected chi connectivity index (χ3v) is 1.87. The first kappa shape index (κ1) is 7.24. The van der Waals surface area contributed by atoms with Gasteiger partial charge in [0.05, 0.1) is 5.52 Å². The van der Waals surface area contributed by atoms with Crippen molar-refractivity contribution in [3.63, 3.8) is 0 Å². The smallest absolute Gasteiger partial charge is 0.210 e. The number of hydrogen-bond acceptors (Lipinski definition) is 2. The van der Waals surface area contributed by atoms with E-state index in [9.17, 15) is 0 Å². The summed E-state index contributed by atoms with van der Waals surface area (Å²) in [5, 5.41) is 16.4. The van der Waals surface area contributed by atoms with Crippen molar-refractivity contribution in [1.82, 2.24) is 10.2 Å². The van der Waals surface area contributed by atoms with E-state index in [2.05, 4.69) is 22.4 Å². The van der Waals surface area contributed by atoms with Crippen molar-refractivity contribution in [2.24, 2.45) is 0 Å². The topological polar surface area (TPSA) is 48.9 Å². The molecular formula is C8H6N2OS. The van der Waals surface area contributed by atoms with Crippen LogP contribution in [0.15, 0.2) is 24.3 Å². The Morgan fingerprint density at radius 3 is 2.92 bits per heavy atom. The Labute approximate surface area is 74.0 Å². The van der Waals surface area contributed by atoms with Crippen LogP contribution in [-0.4, -0.2) is 20.4 Å². The highest BCUT2D eigenvalue weighted by Gasteiger charge is 2.07. The maximum absolute atomic E-state index is 9.06. The Kier molecular flexibility index (Phi) is 1.55. The van der Waals surface area contributed by atoms with Gasteiger partial charge in [0.15, 0.2) is 0 Å². The van der Waals surface area contributed by atoms with E-state index in [-0.39, 0.29) is 5.05 Å². The van der Waals surface area contributed by atoms with Crippen LogP contribution in [0.5, 0.6) is 0 Å². The molecule has 0 saturated carbocycles. The van der Waals surface area contributed by atoms with Crippen LogP contribution in [0.25, 0.3) is 10.9 Å². The van der Waals surface area contributed by atoms with E-state index < -0.39 is 0 Å². The molecule has 1 aromatic heterocycles. The lowest BCUT2D eigenvalue weighted by molar-refractivity contribution is 0.568. The predicted molar refractivity (Wildman–Crippen MR) is 50.4 cm³/mol. The minimum atomic E-state index is -0.174. The van der Waals surface area contributed by atoms with Gasteiger partial charge in [-0.2, -0.15) is 5.10 Å². The van der Waals surface area contributed by atoms with E-state index in [0.29, 0.717) is 5.69 Å². The highest BCUT2D eigenvalue weighted by molar-refractivity contribution is 7.80. The monoisotopic (exact) mass is 178 g/mol. The van der Waals surface area contributed by atoms with Crippen LogP contribution in [0.3, 0.4) is 0 Å². The van der Waals surface area contributed by atoms with Gasteiger partial charge in [-0.3, -0.25) is 5.10 Å². The molecule has 3 nitrogen and oxygen atoms in total. The number of thiocarbonyl (C=S) groups is 1. The largest absolute Gasteiger partial charge is 0.497 e. The van der Waals surface area contributed by atoms with Crippen molar-refractivity contribution in [2.75, 3.05) is 0 Å².